The molecule has 1 aromatic rings. The number of pyridine rings is 1. The van der Waals surface area contributed by atoms with Crippen molar-refractivity contribution in [2.45, 2.75) is 32.5 Å². The summed E-state index contributed by atoms with van der Waals surface area (Å²) in [4.78, 5) is 7.83. The number of alkyl halides is 3. The van der Waals surface area contributed by atoms with Gasteiger partial charge in [-0.1, -0.05) is 0 Å². The molecule has 0 aliphatic rings. The zero-order valence-corrected chi connectivity index (χ0v) is 19.1. The van der Waals surface area contributed by atoms with Crippen molar-refractivity contribution < 1.29 is 26.3 Å². The van der Waals surface area contributed by atoms with Crippen LogP contribution in [0.1, 0.15) is 25.8 Å². The number of hydrogen-bond donors (Lipinski definition) is 2. The van der Waals surface area contributed by atoms with E-state index in [1.54, 1.807) is 0 Å². The van der Waals surface area contributed by atoms with Crippen molar-refractivity contribution in [3.63, 3.8) is 0 Å². The van der Waals surface area contributed by atoms with Crippen LogP contribution in [-0.2, 0) is 16.0 Å². The third-order valence-electron chi connectivity index (χ3n) is 3.33. The van der Waals surface area contributed by atoms with Gasteiger partial charge < -0.3 is 15.4 Å². The Labute approximate surface area is 180 Å². The minimum Gasteiger partial charge on any atom is -0.475 e. The van der Waals surface area contributed by atoms with Crippen molar-refractivity contribution in [1.29, 1.82) is 0 Å². The molecule has 12 heteroatoms. The van der Waals surface area contributed by atoms with E-state index >= 15 is 0 Å². The summed E-state index contributed by atoms with van der Waals surface area (Å²) in [6.07, 6.45) is -1.74. The standard InChI is InChI=1S/C16H25F3N4O3S.HI/c1-4-20-15(23-12(2)7-11-27(3,24)25)22-9-10-26-14-13(16(17,18)19)6-5-8-21-14;/h5-6,8,12H,4,7,9-11H2,1-3H3,(H2,20,22,23);1H. The molecule has 0 aromatic carbocycles. The van der Waals surface area contributed by atoms with E-state index in [0.717, 1.165) is 6.07 Å². The van der Waals surface area contributed by atoms with Gasteiger partial charge in [0, 0.05) is 25.0 Å². The normalized spacial score (nSPS) is 13.4. The molecule has 1 aromatic heterocycles. The van der Waals surface area contributed by atoms with Crippen LogP contribution in [0.25, 0.3) is 0 Å². The van der Waals surface area contributed by atoms with Crippen LogP contribution in [0.4, 0.5) is 13.2 Å². The van der Waals surface area contributed by atoms with E-state index in [9.17, 15) is 21.6 Å². The van der Waals surface area contributed by atoms with E-state index in [1.807, 2.05) is 13.8 Å². The van der Waals surface area contributed by atoms with Gasteiger partial charge in [-0.2, -0.15) is 13.2 Å². The SMILES string of the molecule is CCNC(=NCCOc1ncccc1C(F)(F)F)NC(C)CCS(C)(=O)=O.I. The second-order valence-electron chi connectivity index (χ2n) is 5.93. The number of hydrogen-bond acceptors (Lipinski definition) is 5. The quantitative estimate of drug-likeness (QED) is 0.217. The summed E-state index contributed by atoms with van der Waals surface area (Å²) >= 11 is 0. The number of nitrogens with zero attached hydrogens (tertiary/aromatic N) is 2. The fourth-order valence-corrected chi connectivity index (χ4v) is 2.82. The molecule has 0 spiro atoms. The molecule has 2 N–H and O–H groups in total. The van der Waals surface area contributed by atoms with Gasteiger partial charge in [-0.25, -0.2) is 18.4 Å². The molecule has 0 fully saturated rings. The maximum atomic E-state index is 12.9. The van der Waals surface area contributed by atoms with Gasteiger partial charge in [0.15, 0.2) is 5.96 Å². The lowest BCUT2D eigenvalue weighted by Crippen LogP contribution is -2.43. The van der Waals surface area contributed by atoms with Crippen LogP contribution >= 0.6 is 24.0 Å². The van der Waals surface area contributed by atoms with E-state index in [-0.39, 0.29) is 48.9 Å². The highest BCUT2D eigenvalue weighted by molar-refractivity contribution is 14.0. The Morgan fingerprint density at radius 2 is 2.07 bits per heavy atom. The number of guanidine groups is 1. The van der Waals surface area contributed by atoms with Crippen LogP contribution < -0.4 is 15.4 Å². The summed E-state index contributed by atoms with van der Waals surface area (Å²) in [5.74, 6) is -0.0114. The van der Waals surface area contributed by atoms with Crippen molar-refractivity contribution >= 4 is 39.8 Å². The van der Waals surface area contributed by atoms with Crippen LogP contribution in [0.2, 0.25) is 0 Å². The molecule has 0 aliphatic heterocycles. The summed E-state index contributed by atoms with van der Waals surface area (Å²) < 4.78 is 66.2. The van der Waals surface area contributed by atoms with Gasteiger partial charge in [0.1, 0.15) is 22.0 Å². The maximum Gasteiger partial charge on any atom is 0.421 e. The summed E-state index contributed by atoms with van der Waals surface area (Å²) in [7, 11) is -3.05. The molecule has 0 aliphatic carbocycles. The van der Waals surface area contributed by atoms with Gasteiger partial charge in [-0.3, -0.25) is 0 Å². The number of aromatic nitrogens is 1. The Hall–Kier alpha value is -1.31. The fourth-order valence-electron chi connectivity index (χ4n) is 2.04. The number of nitrogens with one attached hydrogen (secondary N) is 2. The second-order valence-corrected chi connectivity index (χ2v) is 8.19. The van der Waals surface area contributed by atoms with Crippen molar-refractivity contribution in [2.75, 3.05) is 31.7 Å². The Morgan fingerprint density at radius 3 is 2.64 bits per heavy atom. The van der Waals surface area contributed by atoms with Crippen LogP contribution in [0.3, 0.4) is 0 Å². The molecule has 1 rings (SSSR count). The van der Waals surface area contributed by atoms with Crippen LogP contribution in [0, 0.1) is 0 Å². The van der Waals surface area contributed by atoms with Crippen LogP contribution in [0.5, 0.6) is 5.88 Å². The third kappa shape index (κ3) is 10.9. The zero-order valence-electron chi connectivity index (χ0n) is 15.9. The number of ether oxygens (including phenoxy) is 1. The van der Waals surface area contributed by atoms with Gasteiger partial charge in [-0.15, -0.1) is 24.0 Å². The highest BCUT2D eigenvalue weighted by atomic mass is 127. The lowest BCUT2D eigenvalue weighted by atomic mass is 10.2. The van der Waals surface area contributed by atoms with Crippen LogP contribution in [0.15, 0.2) is 23.3 Å². The Kier molecular flexibility index (Phi) is 11.7. The Morgan fingerprint density at radius 1 is 1.39 bits per heavy atom. The molecule has 0 saturated heterocycles. The third-order valence-corrected chi connectivity index (χ3v) is 4.30. The minimum absolute atomic E-state index is 0. The first-order valence-electron chi connectivity index (χ1n) is 8.40. The summed E-state index contributed by atoms with van der Waals surface area (Å²) in [6.45, 7) is 4.26. The Bertz CT molecular complexity index is 730. The summed E-state index contributed by atoms with van der Waals surface area (Å²) in [5, 5.41) is 6.03. The lowest BCUT2D eigenvalue weighted by Gasteiger charge is -2.17. The van der Waals surface area contributed by atoms with Crippen molar-refractivity contribution in [3.05, 3.63) is 23.9 Å². The molecule has 162 valence electrons. The highest BCUT2D eigenvalue weighted by Gasteiger charge is 2.34. The minimum atomic E-state index is -4.54. The van der Waals surface area contributed by atoms with Crippen LogP contribution in [-0.4, -0.2) is 57.1 Å². The van der Waals surface area contributed by atoms with E-state index in [2.05, 4.69) is 20.6 Å². The van der Waals surface area contributed by atoms with Gasteiger partial charge in [-0.05, 0) is 32.4 Å². The van der Waals surface area contributed by atoms with Gasteiger partial charge in [0.2, 0.25) is 5.88 Å². The maximum absolute atomic E-state index is 12.9. The molecular formula is C16H26F3IN4O3S. The fraction of sp³-hybridized carbons (Fsp3) is 0.625. The number of rotatable bonds is 9. The van der Waals surface area contributed by atoms with E-state index < -0.39 is 27.5 Å². The first kappa shape index (κ1) is 26.7. The first-order valence-corrected chi connectivity index (χ1v) is 10.5. The molecular weight excluding hydrogens is 512 g/mol. The number of sulfone groups is 1. The van der Waals surface area contributed by atoms with Gasteiger partial charge in [0.05, 0.1) is 12.3 Å². The average Bonchev–Trinajstić information content (AvgIpc) is 2.56. The van der Waals surface area contributed by atoms with Crippen molar-refractivity contribution in [3.8, 4) is 5.88 Å². The first-order chi connectivity index (χ1) is 12.5. The number of halogens is 4. The smallest absolute Gasteiger partial charge is 0.421 e. The second kappa shape index (κ2) is 12.3. The summed E-state index contributed by atoms with van der Waals surface area (Å²) in [6, 6.07) is 1.95. The molecule has 0 saturated carbocycles. The number of aliphatic imine (C=N–C) groups is 1. The molecule has 0 amide bonds. The predicted molar refractivity (Wildman–Crippen MR) is 113 cm³/mol. The van der Waals surface area contributed by atoms with Crippen molar-refractivity contribution in [1.82, 2.24) is 15.6 Å². The van der Waals surface area contributed by atoms with Crippen molar-refractivity contribution in [2.24, 2.45) is 4.99 Å². The molecule has 7 nitrogen and oxygen atoms in total. The average molecular weight is 538 g/mol. The molecule has 1 atom stereocenters. The highest BCUT2D eigenvalue weighted by Crippen LogP contribution is 2.34. The molecule has 1 heterocycles. The largest absolute Gasteiger partial charge is 0.475 e. The monoisotopic (exact) mass is 538 g/mol. The molecule has 0 radical (unpaired) electrons. The molecule has 28 heavy (non-hydrogen) atoms. The van der Waals surface area contributed by atoms with E-state index in [1.165, 1.54) is 18.5 Å². The summed E-state index contributed by atoms with van der Waals surface area (Å²) in [5.41, 5.74) is -0.937. The topological polar surface area (TPSA) is 92.7 Å². The Balaban J connectivity index is 0.00000729. The molecule has 0 bridgehead atoms. The molecule has 1 unspecified atom stereocenters. The van der Waals surface area contributed by atoms with E-state index in [0.29, 0.717) is 18.9 Å². The lowest BCUT2D eigenvalue weighted by molar-refractivity contribution is -0.139. The van der Waals surface area contributed by atoms with Gasteiger partial charge in [0.25, 0.3) is 0 Å². The van der Waals surface area contributed by atoms with E-state index in [4.69, 9.17) is 4.74 Å². The van der Waals surface area contributed by atoms with Gasteiger partial charge >= 0.3 is 6.18 Å². The predicted octanol–water partition coefficient (Wildman–Crippen LogP) is 2.48. The zero-order chi connectivity index (χ0) is 20.5.